The maximum atomic E-state index is 13.3. The third kappa shape index (κ3) is 6.14. The van der Waals surface area contributed by atoms with Crippen LogP contribution >= 0.6 is 0 Å². The highest BCUT2D eigenvalue weighted by Gasteiger charge is 2.21. The quantitative estimate of drug-likeness (QED) is 0.525. The lowest BCUT2D eigenvalue weighted by Gasteiger charge is -2.27. The maximum Gasteiger partial charge on any atom is 0.241 e. The van der Waals surface area contributed by atoms with Crippen LogP contribution in [-0.2, 0) is 16.1 Å². The van der Waals surface area contributed by atoms with Crippen molar-refractivity contribution in [3.63, 3.8) is 0 Å². The number of anilines is 2. The Kier molecular flexibility index (Phi) is 7.78. The summed E-state index contributed by atoms with van der Waals surface area (Å²) in [5, 5.41) is 2.89. The topological polar surface area (TPSA) is 71.1 Å². The van der Waals surface area contributed by atoms with Crippen LogP contribution in [-0.4, -0.2) is 49.6 Å². The Morgan fingerprint density at radius 2 is 1.53 bits per heavy atom. The van der Waals surface area contributed by atoms with Crippen molar-refractivity contribution in [2.45, 2.75) is 13.5 Å². The van der Waals surface area contributed by atoms with Crippen molar-refractivity contribution < 1.29 is 19.1 Å². The number of likely N-dealkylation sites (N-methyl/N-ethyl adjacent to an activating group) is 1. The van der Waals surface area contributed by atoms with E-state index in [0.29, 0.717) is 43.5 Å². The summed E-state index contributed by atoms with van der Waals surface area (Å²) in [5.74, 6) is 1.03. The molecule has 1 N–H and O–H groups in total. The predicted molar refractivity (Wildman–Crippen MR) is 132 cm³/mol. The highest BCUT2D eigenvalue weighted by Crippen LogP contribution is 2.32. The van der Waals surface area contributed by atoms with Crippen molar-refractivity contribution in [1.29, 1.82) is 0 Å². The normalized spacial score (nSPS) is 12.3. The first-order chi connectivity index (χ1) is 16.6. The van der Waals surface area contributed by atoms with E-state index in [9.17, 15) is 9.59 Å². The van der Waals surface area contributed by atoms with Gasteiger partial charge < -0.3 is 19.7 Å². The number of nitrogens with zero attached hydrogens (tertiary/aromatic N) is 2. The summed E-state index contributed by atoms with van der Waals surface area (Å²) in [6.07, 6.45) is 0. The fraction of sp³-hybridized carbons (Fsp3) is 0.259. The van der Waals surface area contributed by atoms with E-state index in [-0.39, 0.29) is 24.9 Å². The highest BCUT2D eigenvalue weighted by atomic mass is 16.6. The minimum Gasteiger partial charge on any atom is -0.486 e. The fourth-order valence-corrected chi connectivity index (χ4v) is 3.78. The van der Waals surface area contributed by atoms with Crippen LogP contribution in [0.4, 0.5) is 11.4 Å². The number of amides is 2. The molecule has 0 aliphatic carbocycles. The van der Waals surface area contributed by atoms with Crippen molar-refractivity contribution in [2.24, 2.45) is 0 Å². The molecular formula is C27H29N3O4. The van der Waals surface area contributed by atoms with Crippen LogP contribution in [0.1, 0.15) is 12.5 Å². The van der Waals surface area contributed by atoms with E-state index >= 15 is 0 Å². The molecule has 0 saturated heterocycles. The van der Waals surface area contributed by atoms with Gasteiger partial charge in [0, 0.05) is 17.4 Å². The molecule has 1 heterocycles. The molecule has 1 aliphatic heterocycles. The molecule has 1 aliphatic rings. The summed E-state index contributed by atoms with van der Waals surface area (Å²) in [4.78, 5) is 29.6. The van der Waals surface area contributed by atoms with Gasteiger partial charge in [0.05, 0.1) is 19.6 Å². The number of carbonyl (C=O) groups excluding carboxylic acids is 2. The van der Waals surface area contributed by atoms with Gasteiger partial charge in [-0.2, -0.15) is 0 Å². The first-order valence-corrected chi connectivity index (χ1v) is 11.4. The minimum atomic E-state index is -0.194. The molecule has 0 atom stereocenters. The molecule has 3 aromatic carbocycles. The number of hydrogen-bond donors (Lipinski definition) is 1. The van der Waals surface area contributed by atoms with E-state index in [4.69, 9.17) is 9.47 Å². The van der Waals surface area contributed by atoms with Crippen LogP contribution in [0, 0.1) is 0 Å². The van der Waals surface area contributed by atoms with Gasteiger partial charge in [-0.1, -0.05) is 55.5 Å². The van der Waals surface area contributed by atoms with E-state index in [1.165, 1.54) is 0 Å². The van der Waals surface area contributed by atoms with Gasteiger partial charge in [-0.25, -0.2) is 0 Å². The lowest BCUT2D eigenvalue weighted by atomic mass is 10.2. The predicted octanol–water partition coefficient (Wildman–Crippen LogP) is 3.95. The summed E-state index contributed by atoms with van der Waals surface area (Å²) in [6.45, 7) is 4.20. The molecule has 7 nitrogen and oxygen atoms in total. The van der Waals surface area contributed by atoms with Gasteiger partial charge in [0.25, 0.3) is 0 Å². The first-order valence-electron chi connectivity index (χ1n) is 11.4. The lowest BCUT2D eigenvalue weighted by Crippen LogP contribution is -2.43. The Labute approximate surface area is 199 Å². The van der Waals surface area contributed by atoms with Gasteiger partial charge in [-0.15, -0.1) is 0 Å². The number of rotatable bonds is 9. The van der Waals surface area contributed by atoms with Crippen LogP contribution in [0.5, 0.6) is 11.5 Å². The van der Waals surface area contributed by atoms with E-state index in [1.807, 2.05) is 72.5 Å². The number of hydrogen-bond acceptors (Lipinski definition) is 5. The van der Waals surface area contributed by atoms with Crippen molar-refractivity contribution in [2.75, 3.05) is 43.1 Å². The van der Waals surface area contributed by atoms with Crippen LogP contribution in [0.15, 0.2) is 78.9 Å². The molecule has 0 fully saturated rings. The molecule has 0 aromatic heterocycles. The summed E-state index contributed by atoms with van der Waals surface area (Å²) < 4.78 is 11.1. The van der Waals surface area contributed by atoms with Gasteiger partial charge in [0.1, 0.15) is 13.2 Å². The second-order valence-electron chi connectivity index (χ2n) is 8.01. The zero-order valence-electron chi connectivity index (χ0n) is 19.3. The fourth-order valence-electron chi connectivity index (χ4n) is 3.78. The third-order valence-electron chi connectivity index (χ3n) is 5.55. The number of nitrogens with one attached hydrogen (secondary N) is 1. The van der Waals surface area contributed by atoms with Crippen LogP contribution in [0.2, 0.25) is 0 Å². The highest BCUT2D eigenvalue weighted by molar-refractivity contribution is 5.96. The Bertz CT molecular complexity index is 1110. The second kappa shape index (κ2) is 11.3. The molecule has 0 bridgehead atoms. The van der Waals surface area contributed by atoms with E-state index in [2.05, 4.69) is 5.32 Å². The van der Waals surface area contributed by atoms with Gasteiger partial charge in [0.15, 0.2) is 11.5 Å². The average Bonchev–Trinajstić information content (AvgIpc) is 2.87. The Morgan fingerprint density at radius 1 is 0.853 bits per heavy atom. The van der Waals surface area contributed by atoms with Crippen molar-refractivity contribution in [3.05, 3.63) is 84.4 Å². The molecule has 0 spiro atoms. The monoisotopic (exact) mass is 459 g/mol. The SMILES string of the molecule is CCN(CC(=O)Nc1ccc2c(c1)OCCO2)CC(=O)N(Cc1ccccc1)c1ccccc1. The number of benzene rings is 3. The van der Waals surface area contributed by atoms with Crippen LogP contribution in [0.25, 0.3) is 0 Å². The smallest absolute Gasteiger partial charge is 0.241 e. The maximum absolute atomic E-state index is 13.3. The molecule has 0 saturated carbocycles. The molecule has 3 aromatic rings. The number of para-hydroxylation sites is 1. The van der Waals surface area contributed by atoms with Crippen molar-refractivity contribution >= 4 is 23.2 Å². The molecule has 4 rings (SSSR count). The van der Waals surface area contributed by atoms with E-state index < -0.39 is 0 Å². The summed E-state index contributed by atoms with van der Waals surface area (Å²) in [7, 11) is 0. The van der Waals surface area contributed by atoms with Gasteiger partial charge in [0.2, 0.25) is 11.8 Å². The minimum absolute atomic E-state index is 0.0657. The molecule has 34 heavy (non-hydrogen) atoms. The number of carbonyl (C=O) groups is 2. The van der Waals surface area contributed by atoms with Crippen LogP contribution < -0.4 is 19.7 Å². The lowest BCUT2D eigenvalue weighted by molar-refractivity contribution is -0.121. The summed E-state index contributed by atoms with van der Waals surface area (Å²) >= 11 is 0. The Morgan fingerprint density at radius 3 is 2.24 bits per heavy atom. The molecule has 0 unspecified atom stereocenters. The van der Waals surface area contributed by atoms with Gasteiger partial charge in [-0.05, 0) is 36.4 Å². The number of ether oxygens (including phenoxy) is 2. The van der Waals surface area contributed by atoms with Gasteiger partial charge in [-0.3, -0.25) is 14.5 Å². The van der Waals surface area contributed by atoms with E-state index in [1.54, 1.807) is 23.1 Å². The molecule has 7 heteroatoms. The van der Waals surface area contributed by atoms with Crippen molar-refractivity contribution in [1.82, 2.24) is 4.90 Å². The Hall–Kier alpha value is -3.84. The molecule has 0 radical (unpaired) electrons. The first kappa shape index (κ1) is 23.3. The summed E-state index contributed by atoms with van der Waals surface area (Å²) in [5.41, 5.74) is 2.50. The van der Waals surface area contributed by atoms with Crippen molar-refractivity contribution in [3.8, 4) is 11.5 Å². The Balaban J connectivity index is 1.40. The van der Waals surface area contributed by atoms with Gasteiger partial charge >= 0.3 is 0 Å². The number of fused-ring (bicyclic) bond motifs is 1. The van der Waals surface area contributed by atoms with E-state index in [0.717, 1.165) is 11.3 Å². The summed E-state index contributed by atoms with van der Waals surface area (Å²) in [6, 6.07) is 24.8. The standard InChI is InChI=1S/C27H29N3O4/c1-2-29(19-26(31)28-22-13-14-24-25(17-22)34-16-15-33-24)20-27(32)30(23-11-7-4-8-12-23)18-21-9-5-3-6-10-21/h3-14,17H,2,15-16,18-20H2,1H3,(H,28,31). The molecule has 2 amide bonds. The second-order valence-corrected chi connectivity index (χ2v) is 8.01. The zero-order valence-corrected chi connectivity index (χ0v) is 19.3. The third-order valence-corrected chi connectivity index (χ3v) is 5.55. The average molecular weight is 460 g/mol. The van der Waals surface area contributed by atoms with Crippen LogP contribution in [0.3, 0.4) is 0 Å². The zero-order chi connectivity index (χ0) is 23.8. The molecular weight excluding hydrogens is 430 g/mol. The largest absolute Gasteiger partial charge is 0.486 e. The molecule has 176 valence electrons.